The monoisotopic (exact) mass is 194 g/mol. The van der Waals surface area contributed by atoms with Crippen molar-refractivity contribution in [3.05, 3.63) is 34.9 Å². The Labute approximate surface area is 82.9 Å². The number of nitrogens with one attached hydrogen (secondary N) is 1. The number of benzene rings is 1. The highest BCUT2D eigenvalue weighted by Gasteiger charge is 2.01. The van der Waals surface area contributed by atoms with Gasteiger partial charge in [0.2, 0.25) is 0 Å². The third-order valence-electron chi connectivity index (χ3n) is 1.89. The molecule has 1 aromatic rings. The van der Waals surface area contributed by atoms with E-state index in [9.17, 15) is 0 Å². The van der Waals surface area contributed by atoms with Crippen LogP contribution in [0, 0.1) is 19.3 Å². The Bertz CT molecular complexity index is 335. The Morgan fingerprint density at radius 1 is 1.50 bits per heavy atom. The average molecular weight is 194 g/mol. The fourth-order valence-electron chi connectivity index (χ4n) is 1.04. The van der Waals surface area contributed by atoms with Gasteiger partial charge >= 0.3 is 0 Å². The Kier molecular flexibility index (Phi) is 4.99. The first-order valence-electron chi connectivity index (χ1n) is 4.03. The number of amidine groups is 1. The molecular formula is C10H14N2O2. The van der Waals surface area contributed by atoms with Crippen LogP contribution in [0.25, 0.3) is 0 Å². The highest BCUT2D eigenvalue weighted by molar-refractivity contribution is 5.96. The average Bonchev–Trinajstić information content (AvgIpc) is 2.10. The fraction of sp³-hybridized carbons (Fsp3) is 0.200. The molecule has 0 aliphatic rings. The van der Waals surface area contributed by atoms with E-state index in [0.717, 1.165) is 11.1 Å². The normalized spacial score (nSPS) is 8.43. The third-order valence-corrected chi connectivity index (χ3v) is 1.89. The summed E-state index contributed by atoms with van der Waals surface area (Å²) in [4.78, 5) is 8.36. The Morgan fingerprint density at radius 2 is 2.00 bits per heavy atom. The fourth-order valence-corrected chi connectivity index (χ4v) is 1.04. The summed E-state index contributed by atoms with van der Waals surface area (Å²) in [6, 6.07) is 5.80. The van der Waals surface area contributed by atoms with Crippen LogP contribution in [-0.2, 0) is 4.79 Å². The van der Waals surface area contributed by atoms with E-state index in [-0.39, 0.29) is 12.3 Å². The first-order chi connectivity index (χ1) is 6.54. The van der Waals surface area contributed by atoms with E-state index in [2.05, 4.69) is 0 Å². The molecule has 0 radical (unpaired) electrons. The van der Waals surface area contributed by atoms with E-state index < -0.39 is 0 Å². The predicted molar refractivity (Wildman–Crippen MR) is 55.6 cm³/mol. The Hall–Kier alpha value is -1.84. The third kappa shape index (κ3) is 3.26. The van der Waals surface area contributed by atoms with Crippen LogP contribution in [-0.4, -0.2) is 17.4 Å². The molecule has 0 atom stereocenters. The first-order valence-corrected chi connectivity index (χ1v) is 4.03. The Morgan fingerprint density at radius 3 is 2.36 bits per heavy atom. The zero-order valence-corrected chi connectivity index (χ0v) is 8.24. The molecule has 0 spiro atoms. The largest absolute Gasteiger partial charge is 0.483 e. The molecule has 1 aromatic carbocycles. The van der Waals surface area contributed by atoms with Crippen LogP contribution in [0.4, 0.5) is 0 Å². The molecule has 0 bridgehead atoms. The van der Waals surface area contributed by atoms with E-state index in [1.165, 1.54) is 5.56 Å². The van der Waals surface area contributed by atoms with Gasteiger partial charge in [0.1, 0.15) is 5.84 Å². The van der Waals surface area contributed by atoms with Crippen LogP contribution in [0.2, 0.25) is 0 Å². The minimum atomic E-state index is -0.250. The van der Waals surface area contributed by atoms with Crippen molar-refractivity contribution in [3.63, 3.8) is 0 Å². The lowest BCUT2D eigenvalue weighted by atomic mass is 10.0. The van der Waals surface area contributed by atoms with E-state index in [0.29, 0.717) is 0 Å². The summed E-state index contributed by atoms with van der Waals surface area (Å²) in [5.74, 6) is 0.145. The summed E-state index contributed by atoms with van der Waals surface area (Å²) in [5.41, 5.74) is 8.48. The molecule has 0 fully saturated rings. The van der Waals surface area contributed by atoms with Gasteiger partial charge in [-0.3, -0.25) is 10.2 Å². The van der Waals surface area contributed by atoms with Crippen LogP contribution in [0.15, 0.2) is 18.2 Å². The molecule has 0 saturated heterocycles. The minimum Gasteiger partial charge on any atom is -0.483 e. The maximum atomic E-state index is 8.36. The van der Waals surface area contributed by atoms with Crippen LogP contribution in [0.1, 0.15) is 16.7 Å². The maximum absolute atomic E-state index is 8.36. The molecule has 0 aliphatic carbocycles. The van der Waals surface area contributed by atoms with E-state index in [1.54, 1.807) is 0 Å². The van der Waals surface area contributed by atoms with Crippen molar-refractivity contribution in [2.75, 3.05) is 0 Å². The second-order valence-corrected chi connectivity index (χ2v) is 2.77. The highest BCUT2D eigenvalue weighted by Crippen LogP contribution is 2.11. The lowest BCUT2D eigenvalue weighted by Crippen LogP contribution is -2.12. The van der Waals surface area contributed by atoms with Gasteiger partial charge in [-0.05, 0) is 25.0 Å². The lowest BCUT2D eigenvalue weighted by molar-refractivity contribution is -0.122. The Balaban J connectivity index is 0.000000500. The lowest BCUT2D eigenvalue weighted by Gasteiger charge is -2.05. The standard InChI is InChI=1S/C9H12N2.CH2O2/c1-6-4-3-5-8(7(6)2)9(10)11;2-1-3/h3-5H,1-2H3,(H3,10,11);1H,(H,2,3). The zero-order chi connectivity index (χ0) is 11.1. The molecule has 76 valence electrons. The summed E-state index contributed by atoms with van der Waals surface area (Å²) in [6.45, 7) is 3.74. The van der Waals surface area contributed by atoms with Gasteiger partial charge in [0.05, 0.1) is 0 Å². The number of aryl methyl sites for hydroxylation is 1. The van der Waals surface area contributed by atoms with Crippen molar-refractivity contribution < 1.29 is 9.90 Å². The minimum absolute atomic E-state index is 0.145. The number of nitrogens with two attached hydrogens (primary N) is 1. The SMILES string of the molecule is Cc1cccc(C(=N)N)c1C.O=CO. The van der Waals surface area contributed by atoms with Gasteiger partial charge in [-0.1, -0.05) is 18.2 Å². The number of carbonyl (C=O) groups is 1. The molecule has 1 rings (SSSR count). The molecule has 0 amide bonds. The van der Waals surface area contributed by atoms with Crippen molar-refractivity contribution >= 4 is 12.3 Å². The van der Waals surface area contributed by atoms with Gasteiger partial charge in [0, 0.05) is 5.56 Å². The smallest absolute Gasteiger partial charge is 0.290 e. The number of rotatable bonds is 1. The van der Waals surface area contributed by atoms with Gasteiger partial charge in [-0.15, -0.1) is 0 Å². The molecule has 0 aliphatic heterocycles. The summed E-state index contributed by atoms with van der Waals surface area (Å²) >= 11 is 0. The second-order valence-electron chi connectivity index (χ2n) is 2.77. The topological polar surface area (TPSA) is 87.2 Å². The van der Waals surface area contributed by atoms with Gasteiger partial charge in [-0.25, -0.2) is 0 Å². The summed E-state index contributed by atoms with van der Waals surface area (Å²) in [6.07, 6.45) is 0. The molecular weight excluding hydrogens is 180 g/mol. The zero-order valence-electron chi connectivity index (χ0n) is 8.24. The van der Waals surface area contributed by atoms with Crippen molar-refractivity contribution in [1.29, 1.82) is 5.41 Å². The van der Waals surface area contributed by atoms with E-state index in [1.807, 2.05) is 32.0 Å². The van der Waals surface area contributed by atoms with Gasteiger partial charge in [0.15, 0.2) is 0 Å². The number of hydrogen-bond donors (Lipinski definition) is 3. The van der Waals surface area contributed by atoms with Gasteiger partial charge in [0.25, 0.3) is 6.47 Å². The molecule has 0 unspecified atom stereocenters. The first kappa shape index (κ1) is 12.2. The summed E-state index contributed by atoms with van der Waals surface area (Å²) < 4.78 is 0. The van der Waals surface area contributed by atoms with Crippen molar-refractivity contribution in [3.8, 4) is 0 Å². The molecule has 4 heteroatoms. The van der Waals surface area contributed by atoms with Crippen LogP contribution in [0.3, 0.4) is 0 Å². The van der Waals surface area contributed by atoms with Crippen LogP contribution < -0.4 is 5.73 Å². The number of nitrogen functional groups attached to an aromatic ring is 1. The molecule has 0 heterocycles. The van der Waals surface area contributed by atoms with Crippen molar-refractivity contribution in [2.24, 2.45) is 5.73 Å². The van der Waals surface area contributed by atoms with Gasteiger partial charge < -0.3 is 10.8 Å². The summed E-state index contributed by atoms with van der Waals surface area (Å²) in [7, 11) is 0. The molecule has 0 aromatic heterocycles. The van der Waals surface area contributed by atoms with E-state index in [4.69, 9.17) is 21.0 Å². The van der Waals surface area contributed by atoms with Crippen LogP contribution >= 0.6 is 0 Å². The van der Waals surface area contributed by atoms with Crippen molar-refractivity contribution in [2.45, 2.75) is 13.8 Å². The van der Waals surface area contributed by atoms with E-state index >= 15 is 0 Å². The summed E-state index contributed by atoms with van der Waals surface area (Å²) in [5, 5.41) is 14.1. The van der Waals surface area contributed by atoms with Gasteiger partial charge in [-0.2, -0.15) is 0 Å². The van der Waals surface area contributed by atoms with Crippen LogP contribution in [0.5, 0.6) is 0 Å². The maximum Gasteiger partial charge on any atom is 0.290 e. The number of hydrogen-bond acceptors (Lipinski definition) is 2. The second kappa shape index (κ2) is 5.75. The highest BCUT2D eigenvalue weighted by atomic mass is 16.3. The quantitative estimate of drug-likeness (QED) is 0.357. The number of carboxylic acid groups (broad SMARTS) is 1. The molecule has 4 N–H and O–H groups in total. The molecule has 4 nitrogen and oxygen atoms in total. The predicted octanol–water partition coefficient (Wildman–Crippen LogP) is 1.29. The molecule has 0 saturated carbocycles. The molecule has 14 heavy (non-hydrogen) atoms. The van der Waals surface area contributed by atoms with Crippen molar-refractivity contribution in [1.82, 2.24) is 0 Å².